The van der Waals surface area contributed by atoms with E-state index >= 15 is 0 Å². The quantitative estimate of drug-likeness (QED) is 0.595. The van der Waals surface area contributed by atoms with Crippen LogP contribution in [0.1, 0.15) is 0 Å². The fraction of sp³-hybridized carbons (Fsp3) is 0.286. The van der Waals surface area contributed by atoms with Crippen LogP contribution in [0.25, 0.3) is 33.1 Å². The molecule has 7 nitrogen and oxygen atoms in total. The SMILES string of the molecule is COc1ccc2c(-c3ccc4ncnc(N5CCN(C)CC5)c4c3)c[nH]c2n1. The molecule has 3 aromatic heterocycles. The Morgan fingerprint density at radius 2 is 1.86 bits per heavy atom. The predicted molar refractivity (Wildman–Crippen MR) is 111 cm³/mol. The number of rotatable bonds is 3. The number of fused-ring (bicyclic) bond motifs is 2. The van der Waals surface area contributed by atoms with Crippen molar-refractivity contribution in [3.8, 4) is 17.0 Å². The highest BCUT2D eigenvalue weighted by Crippen LogP contribution is 2.33. The van der Waals surface area contributed by atoms with Gasteiger partial charge in [-0.25, -0.2) is 9.97 Å². The molecule has 0 radical (unpaired) electrons. The van der Waals surface area contributed by atoms with Gasteiger partial charge < -0.3 is 19.5 Å². The van der Waals surface area contributed by atoms with Gasteiger partial charge in [0.05, 0.1) is 12.6 Å². The number of hydrogen-bond donors (Lipinski definition) is 1. The van der Waals surface area contributed by atoms with E-state index in [1.807, 2.05) is 18.3 Å². The van der Waals surface area contributed by atoms with E-state index in [1.165, 1.54) is 0 Å². The lowest BCUT2D eigenvalue weighted by atomic mass is 10.0. The van der Waals surface area contributed by atoms with Gasteiger partial charge in [-0.15, -0.1) is 0 Å². The van der Waals surface area contributed by atoms with Crippen molar-refractivity contribution in [1.82, 2.24) is 24.8 Å². The maximum Gasteiger partial charge on any atom is 0.214 e. The zero-order valence-corrected chi connectivity index (χ0v) is 16.0. The van der Waals surface area contributed by atoms with E-state index in [0.29, 0.717) is 5.88 Å². The largest absolute Gasteiger partial charge is 0.481 e. The monoisotopic (exact) mass is 374 g/mol. The number of ether oxygens (including phenoxy) is 1. The van der Waals surface area contributed by atoms with E-state index in [0.717, 1.165) is 65.1 Å². The van der Waals surface area contributed by atoms with Crippen LogP contribution < -0.4 is 9.64 Å². The molecule has 1 fully saturated rings. The van der Waals surface area contributed by atoms with Gasteiger partial charge >= 0.3 is 0 Å². The van der Waals surface area contributed by atoms with Crippen molar-refractivity contribution in [2.24, 2.45) is 0 Å². The highest BCUT2D eigenvalue weighted by Gasteiger charge is 2.18. The highest BCUT2D eigenvalue weighted by atomic mass is 16.5. The van der Waals surface area contributed by atoms with Crippen LogP contribution in [0.4, 0.5) is 5.82 Å². The van der Waals surface area contributed by atoms with Gasteiger partial charge in [0.15, 0.2) is 0 Å². The van der Waals surface area contributed by atoms with Gasteiger partial charge in [0, 0.05) is 54.8 Å². The number of likely N-dealkylation sites (N-methyl/N-ethyl adjacent to an activating group) is 1. The van der Waals surface area contributed by atoms with E-state index in [1.54, 1.807) is 13.4 Å². The molecule has 142 valence electrons. The molecule has 5 rings (SSSR count). The summed E-state index contributed by atoms with van der Waals surface area (Å²) in [5.74, 6) is 1.62. The maximum absolute atomic E-state index is 5.23. The van der Waals surface area contributed by atoms with Crippen molar-refractivity contribution in [2.45, 2.75) is 0 Å². The van der Waals surface area contributed by atoms with Crippen LogP contribution in [0.5, 0.6) is 5.88 Å². The van der Waals surface area contributed by atoms with Gasteiger partial charge in [-0.2, -0.15) is 4.98 Å². The zero-order chi connectivity index (χ0) is 19.1. The molecule has 0 bridgehead atoms. The summed E-state index contributed by atoms with van der Waals surface area (Å²) in [6.45, 7) is 4.04. The molecule has 0 aliphatic carbocycles. The Labute approximate surface area is 163 Å². The Bertz CT molecular complexity index is 1150. The van der Waals surface area contributed by atoms with Crippen LogP contribution in [0.3, 0.4) is 0 Å². The van der Waals surface area contributed by atoms with Crippen LogP contribution >= 0.6 is 0 Å². The summed E-state index contributed by atoms with van der Waals surface area (Å²) in [6.07, 6.45) is 3.66. The molecule has 0 saturated carbocycles. The molecule has 1 N–H and O–H groups in total. The number of nitrogens with one attached hydrogen (secondary N) is 1. The summed E-state index contributed by atoms with van der Waals surface area (Å²) in [6, 6.07) is 10.3. The van der Waals surface area contributed by atoms with Crippen molar-refractivity contribution in [3.05, 3.63) is 42.9 Å². The van der Waals surface area contributed by atoms with Crippen molar-refractivity contribution in [3.63, 3.8) is 0 Å². The molecule has 28 heavy (non-hydrogen) atoms. The van der Waals surface area contributed by atoms with Crippen molar-refractivity contribution < 1.29 is 4.74 Å². The number of nitrogens with zero attached hydrogens (tertiary/aromatic N) is 5. The lowest BCUT2D eigenvalue weighted by Gasteiger charge is -2.33. The Morgan fingerprint density at radius 1 is 1.00 bits per heavy atom. The Kier molecular flexibility index (Phi) is 4.09. The summed E-state index contributed by atoms with van der Waals surface area (Å²) in [5, 5.41) is 2.15. The standard InChI is InChI=1S/C21H22N6O/c1-26-7-9-27(10-8-26)21-16-11-14(3-5-18(16)23-13-24-21)17-12-22-20-15(17)4-6-19(25-20)28-2/h3-6,11-13H,7-10H2,1-2H3,(H,22,25). The van der Waals surface area contributed by atoms with E-state index in [2.05, 4.69) is 55.0 Å². The Balaban J connectivity index is 1.61. The minimum atomic E-state index is 0.602. The summed E-state index contributed by atoms with van der Waals surface area (Å²) < 4.78 is 5.23. The second-order valence-corrected chi connectivity index (χ2v) is 7.17. The predicted octanol–water partition coefficient (Wildman–Crippen LogP) is 2.93. The molecule has 1 saturated heterocycles. The van der Waals surface area contributed by atoms with E-state index in [4.69, 9.17) is 4.74 Å². The second-order valence-electron chi connectivity index (χ2n) is 7.17. The van der Waals surface area contributed by atoms with Gasteiger partial charge in [-0.3, -0.25) is 0 Å². The third kappa shape index (κ3) is 2.84. The molecule has 0 atom stereocenters. The average Bonchev–Trinajstić information content (AvgIpc) is 3.16. The van der Waals surface area contributed by atoms with Gasteiger partial charge in [-0.05, 0) is 30.8 Å². The molecular formula is C21H22N6O. The fourth-order valence-corrected chi connectivity index (χ4v) is 3.82. The molecule has 0 unspecified atom stereocenters. The van der Waals surface area contributed by atoms with Gasteiger partial charge in [0.25, 0.3) is 0 Å². The minimum absolute atomic E-state index is 0.602. The topological polar surface area (TPSA) is 70.2 Å². The number of aromatic amines is 1. The summed E-state index contributed by atoms with van der Waals surface area (Å²) in [4.78, 5) is 21.5. The van der Waals surface area contributed by atoms with Crippen LogP contribution in [0.15, 0.2) is 42.9 Å². The first-order valence-corrected chi connectivity index (χ1v) is 9.43. The third-order valence-electron chi connectivity index (χ3n) is 5.45. The summed E-state index contributed by atoms with van der Waals surface area (Å²) in [5.41, 5.74) is 4.02. The number of aromatic nitrogens is 4. The van der Waals surface area contributed by atoms with E-state index in [9.17, 15) is 0 Å². The number of hydrogen-bond acceptors (Lipinski definition) is 6. The number of H-pyrrole nitrogens is 1. The number of pyridine rings is 1. The normalized spacial score (nSPS) is 15.4. The summed E-state index contributed by atoms with van der Waals surface area (Å²) in [7, 11) is 3.79. The molecule has 1 aliphatic rings. The lowest BCUT2D eigenvalue weighted by molar-refractivity contribution is 0.312. The van der Waals surface area contributed by atoms with Crippen molar-refractivity contribution >= 4 is 27.8 Å². The number of piperazine rings is 1. The van der Waals surface area contributed by atoms with Crippen LogP contribution in [0, 0.1) is 0 Å². The summed E-state index contributed by atoms with van der Waals surface area (Å²) >= 11 is 0. The van der Waals surface area contributed by atoms with Crippen molar-refractivity contribution in [2.75, 3.05) is 45.2 Å². The minimum Gasteiger partial charge on any atom is -0.481 e. The average molecular weight is 374 g/mol. The smallest absolute Gasteiger partial charge is 0.214 e. The first-order chi connectivity index (χ1) is 13.7. The Hall–Kier alpha value is -3.19. The maximum atomic E-state index is 5.23. The van der Waals surface area contributed by atoms with Gasteiger partial charge in [0.1, 0.15) is 17.8 Å². The molecule has 1 aromatic carbocycles. The molecule has 7 heteroatoms. The molecule has 0 amide bonds. The number of anilines is 1. The number of methoxy groups -OCH3 is 1. The van der Waals surface area contributed by atoms with Crippen LogP contribution in [-0.4, -0.2) is 65.2 Å². The molecular weight excluding hydrogens is 352 g/mol. The molecule has 1 aliphatic heterocycles. The molecule has 0 spiro atoms. The highest BCUT2D eigenvalue weighted by molar-refractivity contribution is 5.98. The molecule has 4 heterocycles. The lowest BCUT2D eigenvalue weighted by Crippen LogP contribution is -2.44. The second kappa shape index (κ2) is 6.76. The van der Waals surface area contributed by atoms with Crippen LogP contribution in [-0.2, 0) is 0 Å². The first kappa shape index (κ1) is 16.9. The third-order valence-corrected chi connectivity index (χ3v) is 5.45. The Morgan fingerprint density at radius 3 is 2.68 bits per heavy atom. The fourth-order valence-electron chi connectivity index (χ4n) is 3.82. The first-order valence-electron chi connectivity index (χ1n) is 9.43. The number of benzene rings is 1. The van der Waals surface area contributed by atoms with E-state index < -0.39 is 0 Å². The zero-order valence-electron chi connectivity index (χ0n) is 16.0. The van der Waals surface area contributed by atoms with Crippen LogP contribution in [0.2, 0.25) is 0 Å². The van der Waals surface area contributed by atoms with Crippen molar-refractivity contribution in [1.29, 1.82) is 0 Å². The van der Waals surface area contributed by atoms with Gasteiger partial charge in [-0.1, -0.05) is 6.07 Å². The van der Waals surface area contributed by atoms with E-state index in [-0.39, 0.29) is 0 Å². The molecule has 4 aromatic rings. The van der Waals surface area contributed by atoms with Gasteiger partial charge in [0.2, 0.25) is 5.88 Å².